The van der Waals surface area contributed by atoms with Crippen LogP contribution in [0.4, 0.5) is 0 Å². The summed E-state index contributed by atoms with van der Waals surface area (Å²) in [6.07, 6.45) is 0. The van der Waals surface area contributed by atoms with E-state index in [2.05, 4.69) is 37.8 Å². The van der Waals surface area contributed by atoms with E-state index in [0.29, 0.717) is 5.41 Å². The van der Waals surface area contributed by atoms with Crippen LogP contribution in [-0.4, -0.2) is 29.7 Å². The molecule has 1 heterocycles. The van der Waals surface area contributed by atoms with Gasteiger partial charge in [-0.1, -0.05) is 44.2 Å². The predicted molar refractivity (Wildman–Crippen MR) is 66.2 cm³/mol. The molecule has 0 aliphatic carbocycles. The monoisotopic (exact) mass is 219 g/mol. The van der Waals surface area contributed by atoms with Crippen molar-refractivity contribution in [3.63, 3.8) is 0 Å². The highest BCUT2D eigenvalue weighted by molar-refractivity contribution is 5.25. The zero-order valence-corrected chi connectivity index (χ0v) is 10.4. The van der Waals surface area contributed by atoms with Crippen LogP contribution in [0.5, 0.6) is 0 Å². The third-order valence-electron chi connectivity index (χ3n) is 3.64. The van der Waals surface area contributed by atoms with Crippen molar-refractivity contribution in [2.24, 2.45) is 5.41 Å². The number of nitrogens with zero attached hydrogens (tertiary/aromatic N) is 1. The zero-order valence-electron chi connectivity index (χ0n) is 10.4. The van der Waals surface area contributed by atoms with Crippen LogP contribution in [0.25, 0.3) is 0 Å². The van der Waals surface area contributed by atoms with E-state index in [1.54, 1.807) is 0 Å². The lowest BCUT2D eigenvalue weighted by Gasteiger charge is -2.54. The molecule has 1 atom stereocenters. The second kappa shape index (κ2) is 3.86. The Labute approximate surface area is 97.9 Å². The Bertz CT molecular complexity index is 352. The van der Waals surface area contributed by atoms with Gasteiger partial charge in [-0.3, -0.25) is 4.90 Å². The Balaban J connectivity index is 2.21. The van der Waals surface area contributed by atoms with Gasteiger partial charge in [-0.2, -0.15) is 0 Å². The smallest absolute Gasteiger partial charge is 0.0665 e. The molecule has 1 aromatic rings. The maximum atomic E-state index is 9.70. The van der Waals surface area contributed by atoms with Crippen LogP contribution in [0.3, 0.4) is 0 Å². The normalized spacial score (nSPS) is 23.5. The van der Waals surface area contributed by atoms with Crippen molar-refractivity contribution in [1.82, 2.24) is 4.90 Å². The number of aliphatic hydroxyl groups excluding tert-OH is 1. The van der Waals surface area contributed by atoms with Crippen LogP contribution in [0.15, 0.2) is 30.3 Å². The SMILES string of the molecule is CC1(C)CN(C(C)(CO)c2ccccc2)C1. The number of hydrogen-bond acceptors (Lipinski definition) is 2. The molecule has 0 aromatic heterocycles. The van der Waals surface area contributed by atoms with Gasteiger partial charge in [-0.25, -0.2) is 0 Å². The molecule has 0 amide bonds. The molecule has 2 nitrogen and oxygen atoms in total. The Hall–Kier alpha value is -0.860. The Morgan fingerprint density at radius 2 is 1.81 bits per heavy atom. The van der Waals surface area contributed by atoms with E-state index in [9.17, 15) is 5.11 Å². The van der Waals surface area contributed by atoms with E-state index in [4.69, 9.17) is 0 Å². The summed E-state index contributed by atoms with van der Waals surface area (Å²) in [5, 5.41) is 9.70. The lowest BCUT2D eigenvalue weighted by Crippen LogP contribution is -2.62. The fraction of sp³-hybridized carbons (Fsp3) is 0.571. The van der Waals surface area contributed by atoms with Crippen molar-refractivity contribution in [1.29, 1.82) is 0 Å². The average Bonchev–Trinajstić information content (AvgIpc) is 2.26. The van der Waals surface area contributed by atoms with Crippen LogP contribution in [0.2, 0.25) is 0 Å². The summed E-state index contributed by atoms with van der Waals surface area (Å²) < 4.78 is 0. The molecular formula is C14H21NO. The molecule has 16 heavy (non-hydrogen) atoms. The van der Waals surface area contributed by atoms with Crippen LogP contribution >= 0.6 is 0 Å². The van der Waals surface area contributed by atoms with Crippen molar-refractivity contribution < 1.29 is 5.11 Å². The van der Waals surface area contributed by atoms with Gasteiger partial charge in [0.15, 0.2) is 0 Å². The third-order valence-corrected chi connectivity index (χ3v) is 3.64. The first-order chi connectivity index (χ1) is 7.48. The lowest BCUT2D eigenvalue weighted by molar-refractivity contribution is -0.0777. The van der Waals surface area contributed by atoms with Gasteiger partial charge in [0.1, 0.15) is 0 Å². The first-order valence-corrected chi connectivity index (χ1v) is 5.89. The molecule has 88 valence electrons. The summed E-state index contributed by atoms with van der Waals surface area (Å²) in [6, 6.07) is 10.3. The van der Waals surface area contributed by atoms with Crippen LogP contribution in [-0.2, 0) is 5.54 Å². The van der Waals surface area contributed by atoms with E-state index in [1.165, 1.54) is 5.56 Å². The predicted octanol–water partition coefficient (Wildman–Crippen LogP) is 2.24. The van der Waals surface area contributed by atoms with E-state index < -0.39 is 0 Å². The van der Waals surface area contributed by atoms with Crippen LogP contribution in [0.1, 0.15) is 26.3 Å². The first-order valence-electron chi connectivity index (χ1n) is 5.89. The number of aliphatic hydroxyl groups is 1. The molecule has 0 radical (unpaired) electrons. The molecule has 1 aromatic carbocycles. The second-order valence-corrected chi connectivity index (χ2v) is 5.82. The molecule has 1 N–H and O–H groups in total. The molecule has 1 aliphatic rings. The molecule has 0 spiro atoms. The van der Waals surface area contributed by atoms with Crippen LogP contribution in [0, 0.1) is 5.41 Å². The second-order valence-electron chi connectivity index (χ2n) is 5.82. The van der Waals surface area contributed by atoms with Gasteiger partial charge in [-0.05, 0) is 17.9 Å². The summed E-state index contributed by atoms with van der Waals surface area (Å²) in [7, 11) is 0. The van der Waals surface area contributed by atoms with Gasteiger partial charge >= 0.3 is 0 Å². The van der Waals surface area contributed by atoms with Gasteiger partial charge < -0.3 is 5.11 Å². The zero-order chi connectivity index (χ0) is 11.8. The molecule has 2 rings (SSSR count). The number of hydrogen-bond donors (Lipinski definition) is 1. The molecule has 0 saturated carbocycles. The highest BCUT2D eigenvalue weighted by Crippen LogP contribution is 2.39. The van der Waals surface area contributed by atoms with E-state index in [0.717, 1.165) is 13.1 Å². The van der Waals surface area contributed by atoms with Crippen molar-refractivity contribution in [2.45, 2.75) is 26.3 Å². The van der Waals surface area contributed by atoms with Crippen LogP contribution < -0.4 is 0 Å². The number of benzene rings is 1. The molecule has 1 fully saturated rings. The first kappa shape index (κ1) is 11.6. The molecule has 1 aliphatic heterocycles. The largest absolute Gasteiger partial charge is 0.394 e. The van der Waals surface area contributed by atoms with Crippen molar-refractivity contribution in [3.05, 3.63) is 35.9 Å². The topological polar surface area (TPSA) is 23.5 Å². The third kappa shape index (κ3) is 1.87. The van der Waals surface area contributed by atoms with Gasteiger partial charge in [0.05, 0.1) is 12.1 Å². The lowest BCUT2D eigenvalue weighted by atomic mass is 9.78. The average molecular weight is 219 g/mol. The Kier molecular flexibility index (Phi) is 2.81. The Morgan fingerprint density at radius 3 is 2.25 bits per heavy atom. The van der Waals surface area contributed by atoms with Crippen molar-refractivity contribution in [2.75, 3.05) is 19.7 Å². The van der Waals surface area contributed by atoms with Gasteiger partial charge in [0.25, 0.3) is 0 Å². The highest BCUT2D eigenvalue weighted by Gasteiger charge is 2.44. The van der Waals surface area contributed by atoms with E-state index in [-0.39, 0.29) is 12.1 Å². The van der Waals surface area contributed by atoms with Gasteiger partial charge in [-0.15, -0.1) is 0 Å². The van der Waals surface area contributed by atoms with Gasteiger partial charge in [0.2, 0.25) is 0 Å². The molecular weight excluding hydrogens is 198 g/mol. The minimum Gasteiger partial charge on any atom is -0.394 e. The molecule has 2 heteroatoms. The maximum absolute atomic E-state index is 9.70. The molecule has 1 saturated heterocycles. The quantitative estimate of drug-likeness (QED) is 0.842. The molecule has 0 bridgehead atoms. The standard InChI is InChI=1S/C14H21NO/c1-13(2)9-15(10-13)14(3,11-16)12-7-5-4-6-8-12/h4-8,16H,9-11H2,1-3H3. The summed E-state index contributed by atoms with van der Waals surface area (Å²) in [4.78, 5) is 2.36. The number of likely N-dealkylation sites (tertiary alicyclic amines) is 1. The minimum absolute atomic E-state index is 0.174. The summed E-state index contributed by atoms with van der Waals surface area (Å²) in [5.74, 6) is 0. The number of rotatable bonds is 3. The van der Waals surface area contributed by atoms with Crippen molar-refractivity contribution >= 4 is 0 Å². The fourth-order valence-electron chi connectivity index (χ4n) is 2.51. The van der Waals surface area contributed by atoms with E-state index >= 15 is 0 Å². The maximum Gasteiger partial charge on any atom is 0.0665 e. The van der Waals surface area contributed by atoms with Crippen molar-refractivity contribution in [3.8, 4) is 0 Å². The molecule has 1 unspecified atom stereocenters. The highest BCUT2D eigenvalue weighted by atomic mass is 16.3. The minimum atomic E-state index is -0.225. The summed E-state index contributed by atoms with van der Waals surface area (Å²) in [5.41, 5.74) is 1.37. The van der Waals surface area contributed by atoms with E-state index in [1.807, 2.05) is 18.2 Å². The Morgan fingerprint density at radius 1 is 1.25 bits per heavy atom. The summed E-state index contributed by atoms with van der Waals surface area (Å²) >= 11 is 0. The fourth-order valence-corrected chi connectivity index (χ4v) is 2.51. The van der Waals surface area contributed by atoms with Gasteiger partial charge in [0, 0.05) is 13.1 Å². The summed E-state index contributed by atoms with van der Waals surface area (Å²) in [6.45, 7) is 8.95.